The molecule has 1 unspecified atom stereocenters. The van der Waals surface area contributed by atoms with Gasteiger partial charge in [0.1, 0.15) is 5.75 Å². The van der Waals surface area contributed by atoms with E-state index in [4.69, 9.17) is 15.6 Å². The fourth-order valence-corrected chi connectivity index (χ4v) is 2.16. The maximum atomic E-state index is 11.3. The van der Waals surface area contributed by atoms with Crippen LogP contribution in [-0.4, -0.2) is 38.5 Å². The Morgan fingerprint density at radius 2 is 1.89 bits per heavy atom. The van der Waals surface area contributed by atoms with E-state index in [-0.39, 0.29) is 11.5 Å². The molecule has 1 atom stereocenters. The maximum Gasteiger partial charge on any atom is 0.175 e. The van der Waals surface area contributed by atoms with Gasteiger partial charge in [0.05, 0.1) is 18.1 Å². The van der Waals surface area contributed by atoms with Gasteiger partial charge in [-0.1, -0.05) is 0 Å². The second-order valence-electron chi connectivity index (χ2n) is 5.01. The van der Waals surface area contributed by atoms with Gasteiger partial charge >= 0.3 is 0 Å². The van der Waals surface area contributed by atoms with Crippen molar-refractivity contribution in [3.8, 4) is 5.75 Å². The third-order valence-corrected chi connectivity index (χ3v) is 3.90. The number of aliphatic hydroxyl groups excluding tert-OH is 1. The van der Waals surface area contributed by atoms with Gasteiger partial charge in [0.2, 0.25) is 0 Å². The molecule has 0 spiro atoms. The number of nitrogens with two attached hydrogens (primary N) is 1. The molecule has 1 aromatic rings. The SMILES string of the molecule is CC(N)(CO)CCCOc1ccc(S(C)(=O)=O)cc1. The zero-order chi connectivity index (χ0) is 14.5. The molecule has 0 saturated heterocycles. The van der Waals surface area contributed by atoms with Crippen molar-refractivity contribution in [2.24, 2.45) is 5.73 Å². The van der Waals surface area contributed by atoms with E-state index >= 15 is 0 Å². The van der Waals surface area contributed by atoms with Crippen LogP contribution in [0.15, 0.2) is 29.2 Å². The number of aliphatic hydroxyl groups is 1. The quantitative estimate of drug-likeness (QED) is 0.729. The summed E-state index contributed by atoms with van der Waals surface area (Å²) in [5.74, 6) is 0.620. The molecule has 0 heterocycles. The van der Waals surface area contributed by atoms with E-state index in [1.54, 1.807) is 19.1 Å². The lowest BCUT2D eigenvalue weighted by Gasteiger charge is -2.21. The van der Waals surface area contributed by atoms with Crippen molar-refractivity contribution in [2.45, 2.75) is 30.2 Å². The molecule has 0 radical (unpaired) electrons. The molecular weight excluding hydrogens is 266 g/mol. The van der Waals surface area contributed by atoms with Crippen LogP contribution in [0, 0.1) is 0 Å². The van der Waals surface area contributed by atoms with E-state index in [9.17, 15) is 8.42 Å². The molecular formula is C13H21NO4S. The van der Waals surface area contributed by atoms with E-state index in [2.05, 4.69) is 0 Å². The predicted octanol–water partition coefficient (Wildman–Crippen LogP) is 0.959. The van der Waals surface area contributed by atoms with Crippen molar-refractivity contribution in [3.05, 3.63) is 24.3 Å². The summed E-state index contributed by atoms with van der Waals surface area (Å²) in [6.07, 6.45) is 2.55. The third-order valence-electron chi connectivity index (χ3n) is 2.77. The van der Waals surface area contributed by atoms with Crippen molar-refractivity contribution in [1.29, 1.82) is 0 Å². The molecule has 6 heteroatoms. The van der Waals surface area contributed by atoms with Gasteiger partial charge in [-0.25, -0.2) is 8.42 Å². The maximum absolute atomic E-state index is 11.3. The van der Waals surface area contributed by atoms with E-state index in [1.165, 1.54) is 18.4 Å². The summed E-state index contributed by atoms with van der Waals surface area (Å²) < 4.78 is 28.0. The first-order chi connectivity index (χ1) is 8.74. The van der Waals surface area contributed by atoms with Crippen molar-refractivity contribution in [1.82, 2.24) is 0 Å². The van der Waals surface area contributed by atoms with E-state index < -0.39 is 15.4 Å². The first-order valence-corrected chi connectivity index (χ1v) is 7.96. The second kappa shape index (κ2) is 6.36. The Morgan fingerprint density at radius 3 is 2.37 bits per heavy atom. The van der Waals surface area contributed by atoms with Crippen molar-refractivity contribution < 1.29 is 18.3 Å². The van der Waals surface area contributed by atoms with Crippen molar-refractivity contribution in [3.63, 3.8) is 0 Å². The van der Waals surface area contributed by atoms with Gasteiger partial charge in [0.25, 0.3) is 0 Å². The van der Waals surface area contributed by atoms with Crippen LogP contribution in [-0.2, 0) is 9.84 Å². The molecule has 0 fully saturated rings. The highest BCUT2D eigenvalue weighted by molar-refractivity contribution is 7.90. The van der Waals surface area contributed by atoms with Crippen LogP contribution < -0.4 is 10.5 Å². The molecule has 0 aromatic heterocycles. The van der Waals surface area contributed by atoms with Gasteiger partial charge < -0.3 is 15.6 Å². The number of ether oxygens (including phenoxy) is 1. The lowest BCUT2D eigenvalue weighted by atomic mass is 9.99. The van der Waals surface area contributed by atoms with Gasteiger partial charge in [-0.05, 0) is 44.0 Å². The number of hydrogen-bond donors (Lipinski definition) is 2. The average Bonchev–Trinajstić information content (AvgIpc) is 2.34. The fraction of sp³-hybridized carbons (Fsp3) is 0.538. The highest BCUT2D eigenvalue weighted by Gasteiger charge is 2.16. The van der Waals surface area contributed by atoms with Gasteiger partial charge in [-0.15, -0.1) is 0 Å². The van der Waals surface area contributed by atoms with E-state index in [0.717, 1.165) is 6.42 Å². The van der Waals surface area contributed by atoms with Crippen LogP contribution in [0.5, 0.6) is 5.75 Å². The van der Waals surface area contributed by atoms with Gasteiger partial charge in [0.15, 0.2) is 9.84 Å². The summed E-state index contributed by atoms with van der Waals surface area (Å²) in [4.78, 5) is 0.273. The van der Waals surface area contributed by atoms with Gasteiger partial charge in [-0.2, -0.15) is 0 Å². The summed E-state index contributed by atoms with van der Waals surface area (Å²) in [5, 5.41) is 8.99. The molecule has 0 bridgehead atoms. The van der Waals surface area contributed by atoms with Crippen molar-refractivity contribution in [2.75, 3.05) is 19.5 Å². The summed E-state index contributed by atoms with van der Waals surface area (Å²) in [6, 6.07) is 6.30. The zero-order valence-electron chi connectivity index (χ0n) is 11.3. The number of benzene rings is 1. The molecule has 0 aliphatic heterocycles. The number of sulfone groups is 1. The van der Waals surface area contributed by atoms with Crippen LogP contribution in [0.1, 0.15) is 19.8 Å². The summed E-state index contributed by atoms with van der Waals surface area (Å²) in [5.41, 5.74) is 5.21. The lowest BCUT2D eigenvalue weighted by molar-refractivity contribution is 0.188. The van der Waals surface area contributed by atoms with Crippen LogP contribution >= 0.6 is 0 Å². The lowest BCUT2D eigenvalue weighted by Crippen LogP contribution is -2.40. The molecule has 0 aliphatic rings. The Balaban J connectivity index is 2.43. The van der Waals surface area contributed by atoms with E-state index in [1.807, 2.05) is 0 Å². The van der Waals surface area contributed by atoms with Gasteiger partial charge in [-0.3, -0.25) is 0 Å². The molecule has 0 saturated carbocycles. The number of hydrogen-bond acceptors (Lipinski definition) is 5. The molecule has 1 aromatic carbocycles. The van der Waals surface area contributed by atoms with Crippen LogP contribution in [0.4, 0.5) is 0 Å². The monoisotopic (exact) mass is 287 g/mol. The smallest absolute Gasteiger partial charge is 0.175 e. The topological polar surface area (TPSA) is 89.6 Å². The van der Waals surface area contributed by atoms with Crippen LogP contribution in [0.2, 0.25) is 0 Å². The van der Waals surface area contributed by atoms with Crippen LogP contribution in [0.25, 0.3) is 0 Å². The fourth-order valence-electron chi connectivity index (χ4n) is 1.53. The zero-order valence-corrected chi connectivity index (χ0v) is 12.1. The molecule has 1 rings (SSSR count). The highest BCUT2D eigenvalue weighted by atomic mass is 32.2. The minimum absolute atomic E-state index is 0.0595. The first kappa shape index (κ1) is 15.9. The molecule has 19 heavy (non-hydrogen) atoms. The standard InChI is InChI=1S/C13H21NO4S/c1-13(14,10-15)8-3-9-18-11-4-6-12(7-5-11)19(2,16)17/h4-7,15H,3,8-10,14H2,1-2H3. The Labute approximate surface area is 114 Å². The Hall–Kier alpha value is -1.11. The van der Waals surface area contributed by atoms with Crippen molar-refractivity contribution >= 4 is 9.84 Å². The Morgan fingerprint density at radius 1 is 1.32 bits per heavy atom. The largest absolute Gasteiger partial charge is 0.494 e. The number of rotatable bonds is 7. The second-order valence-corrected chi connectivity index (χ2v) is 7.02. The average molecular weight is 287 g/mol. The van der Waals surface area contributed by atoms with Crippen LogP contribution in [0.3, 0.4) is 0 Å². The third kappa shape index (κ3) is 5.59. The molecule has 0 aliphatic carbocycles. The minimum atomic E-state index is -3.17. The minimum Gasteiger partial charge on any atom is -0.494 e. The summed E-state index contributed by atoms with van der Waals surface area (Å²) >= 11 is 0. The first-order valence-electron chi connectivity index (χ1n) is 6.07. The molecule has 5 nitrogen and oxygen atoms in total. The molecule has 3 N–H and O–H groups in total. The Bertz CT molecular complexity index is 494. The summed E-state index contributed by atoms with van der Waals surface area (Å²) in [6.45, 7) is 2.20. The predicted molar refractivity (Wildman–Crippen MR) is 74.0 cm³/mol. The van der Waals surface area contributed by atoms with E-state index in [0.29, 0.717) is 18.8 Å². The molecule has 108 valence electrons. The highest BCUT2D eigenvalue weighted by Crippen LogP contribution is 2.16. The summed E-state index contributed by atoms with van der Waals surface area (Å²) in [7, 11) is -3.17. The normalized spacial score (nSPS) is 14.9. The van der Waals surface area contributed by atoms with Gasteiger partial charge in [0, 0.05) is 11.8 Å². The molecule has 0 amide bonds. The Kier molecular flexibility index (Phi) is 5.34.